The molecule has 10 N–H and O–H groups in total. The van der Waals surface area contributed by atoms with Gasteiger partial charge in [-0.05, 0) is 33.6 Å². The van der Waals surface area contributed by atoms with E-state index in [0.29, 0.717) is 6.42 Å². The largest absolute Gasteiger partial charge is 0.462 e. The van der Waals surface area contributed by atoms with Crippen molar-refractivity contribution in [3.05, 3.63) is 48.6 Å². The van der Waals surface area contributed by atoms with Gasteiger partial charge in [-0.1, -0.05) is 48.6 Å². The molecule has 1 amide bonds. The summed E-state index contributed by atoms with van der Waals surface area (Å²) in [4.78, 5) is 37.6. The summed E-state index contributed by atoms with van der Waals surface area (Å²) in [6.07, 6.45) is 1.88. The number of nitrogens with two attached hydrogens (primary N) is 2. The minimum absolute atomic E-state index is 0.00687. The van der Waals surface area contributed by atoms with Crippen molar-refractivity contribution in [1.29, 1.82) is 0 Å². The van der Waals surface area contributed by atoms with Crippen LogP contribution in [0.5, 0.6) is 0 Å². The van der Waals surface area contributed by atoms with Gasteiger partial charge in [0.15, 0.2) is 12.1 Å². The zero-order chi connectivity index (χ0) is 37.9. The zero-order valence-electron chi connectivity index (χ0n) is 29.5. The number of hydrogen-bond donors (Lipinski definition) is 8. The van der Waals surface area contributed by atoms with Crippen molar-refractivity contribution in [1.82, 2.24) is 0 Å². The van der Waals surface area contributed by atoms with Gasteiger partial charge in [0, 0.05) is 38.5 Å². The van der Waals surface area contributed by atoms with Crippen molar-refractivity contribution in [2.24, 2.45) is 23.3 Å². The number of hydrogen-bond acceptors (Lipinski definition) is 14. The van der Waals surface area contributed by atoms with Gasteiger partial charge in [0.2, 0.25) is 5.91 Å². The Kier molecular flexibility index (Phi) is 16.6. The van der Waals surface area contributed by atoms with Crippen LogP contribution < -0.4 is 11.5 Å². The van der Waals surface area contributed by atoms with Crippen LogP contribution in [0.1, 0.15) is 72.1 Å². The number of fused-ring (bicyclic) bond motifs is 2. The number of esters is 1. The second-order valence-electron chi connectivity index (χ2n) is 13.9. The summed E-state index contributed by atoms with van der Waals surface area (Å²) in [6.45, 7) is 4.77. The number of carbonyl (C=O) groups excluding carboxylic acids is 3. The monoisotopic (exact) mass is 724 g/mol. The normalized spacial score (nSPS) is 44.1. The maximum Gasteiger partial charge on any atom is 0.311 e. The first-order valence-corrected chi connectivity index (χ1v) is 17.6. The smallest absolute Gasteiger partial charge is 0.311 e. The summed E-state index contributed by atoms with van der Waals surface area (Å²) in [5.41, 5.74) is 11.7. The molecule has 51 heavy (non-hydrogen) atoms. The van der Waals surface area contributed by atoms with Crippen molar-refractivity contribution in [3.8, 4) is 0 Å². The third kappa shape index (κ3) is 13.0. The molecule has 288 valence electrons. The maximum absolute atomic E-state index is 12.6. The lowest BCUT2D eigenvalue weighted by atomic mass is 9.82. The molecule has 15 nitrogen and oxygen atoms in total. The molecule has 0 unspecified atom stereocenters. The van der Waals surface area contributed by atoms with E-state index in [1.807, 2.05) is 0 Å². The second kappa shape index (κ2) is 19.9. The van der Waals surface area contributed by atoms with Gasteiger partial charge in [-0.15, -0.1) is 0 Å². The SMILES string of the molecule is C[C@@H]1C/C=C/C=C/C=C/C=C/[C@H](O[C@@H]2O[C@H](C)[C@@H](O)[C@H](N)[C@@H]2O)C[C@@H]2O[C@@](O)(C[C@H](O)CCCC(=O)C[C@H](O)[C@H](C)C(=O)O1)C[C@H](O)[C@H]2C(N)=O. The first kappa shape index (κ1) is 42.6. The fourth-order valence-electron chi connectivity index (χ4n) is 6.39. The van der Waals surface area contributed by atoms with Crippen LogP contribution in [-0.4, -0.2) is 121 Å². The lowest BCUT2D eigenvalue weighted by molar-refractivity contribution is -0.306. The van der Waals surface area contributed by atoms with E-state index in [1.165, 1.54) is 6.92 Å². The zero-order valence-corrected chi connectivity index (χ0v) is 29.5. The van der Waals surface area contributed by atoms with E-state index in [4.69, 9.17) is 30.4 Å². The molecule has 3 aliphatic rings. The van der Waals surface area contributed by atoms with Crippen LogP contribution in [0.25, 0.3) is 0 Å². The number of aliphatic hydroxyl groups excluding tert-OH is 5. The van der Waals surface area contributed by atoms with Gasteiger partial charge in [0.05, 0.1) is 60.6 Å². The summed E-state index contributed by atoms with van der Waals surface area (Å²) < 4.78 is 23.2. The predicted molar refractivity (Wildman–Crippen MR) is 183 cm³/mol. The van der Waals surface area contributed by atoms with Crippen molar-refractivity contribution in [2.45, 2.75) is 145 Å². The molecule has 2 fully saturated rings. The average Bonchev–Trinajstić information content (AvgIpc) is 3.03. The summed E-state index contributed by atoms with van der Waals surface area (Å²) in [7, 11) is 0. The molecule has 2 bridgehead atoms. The number of primary amides is 1. The van der Waals surface area contributed by atoms with Gasteiger partial charge in [0.1, 0.15) is 18.0 Å². The number of rotatable bonds is 3. The van der Waals surface area contributed by atoms with Crippen LogP contribution in [0.2, 0.25) is 0 Å². The van der Waals surface area contributed by atoms with Crippen LogP contribution >= 0.6 is 0 Å². The van der Waals surface area contributed by atoms with E-state index >= 15 is 0 Å². The molecule has 0 aromatic rings. The minimum Gasteiger partial charge on any atom is -0.462 e. The summed E-state index contributed by atoms with van der Waals surface area (Å²) in [6, 6.07) is -1.08. The van der Waals surface area contributed by atoms with Gasteiger partial charge < -0.3 is 61.1 Å². The number of ketones is 1. The van der Waals surface area contributed by atoms with E-state index in [-0.39, 0.29) is 44.3 Å². The van der Waals surface area contributed by atoms with Crippen LogP contribution in [0.3, 0.4) is 0 Å². The fraction of sp³-hybridized carbons (Fsp3) is 0.694. The van der Waals surface area contributed by atoms with Crippen molar-refractivity contribution in [3.63, 3.8) is 0 Å². The first-order chi connectivity index (χ1) is 24.0. The van der Waals surface area contributed by atoms with Gasteiger partial charge in [-0.25, -0.2) is 0 Å². The van der Waals surface area contributed by atoms with Crippen molar-refractivity contribution in [2.75, 3.05) is 0 Å². The van der Waals surface area contributed by atoms with Crippen molar-refractivity contribution >= 4 is 17.7 Å². The quantitative estimate of drug-likeness (QED) is 0.177. The molecule has 3 heterocycles. The lowest BCUT2D eigenvalue weighted by Crippen LogP contribution is -2.61. The third-order valence-corrected chi connectivity index (χ3v) is 9.45. The number of aliphatic hydroxyl groups is 6. The molecule has 0 aliphatic carbocycles. The van der Waals surface area contributed by atoms with E-state index in [9.17, 15) is 45.0 Å². The molecule has 14 atom stereocenters. The predicted octanol–water partition coefficient (Wildman–Crippen LogP) is -0.0668. The van der Waals surface area contributed by atoms with E-state index in [1.54, 1.807) is 62.5 Å². The molecule has 0 radical (unpaired) electrons. The summed E-state index contributed by atoms with van der Waals surface area (Å²) in [5.74, 6) is -6.13. The van der Waals surface area contributed by atoms with Crippen LogP contribution in [0.4, 0.5) is 0 Å². The highest BCUT2D eigenvalue weighted by atomic mass is 16.7. The van der Waals surface area contributed by atoms with Gasteiger partial charge in [0.25, 0.3) is 0 Å². The molecule has 2 saturated heterocycles. The number of cyclic esters (lactones) is 1. The lowest BCUT2D eigenvalue weighted by Gasteiger charge is -2.45. The van der Waals surface area contributed by atoms with Crippen LogP contribution in [0.15, 0.2) is 48.6 Å². The number of ether oxygens (including phenoxy) is 4. The number of amides is 1. The molecule has 3 aliphatic heterocycles. The summed E-state index contributed by atoms with van der Waals surface area (Å²) >= 11 is 0. The van der Waals surface area contributed by atoms with Crippen LogP contribution in [-0.2, 0) is 33.3 Å². The van der Waals surface area contributed by atoms with Gasteiger partial charge in [-0.2, -0.15) is 0 Å². The number of carbonyl (C=O) groups is 3. The average molecular weight is 725 g/mol. The molecule has 15 heteroatoms. The Balaban J connectivity index is 1.88. The second-order valence-corrected chi connectivity index (χ2v) is 13.9. The van der Waals surface area contributed by atoms with Crippen LogP contribution in [0, 0.1) is 11.8 Å². The van der Waals surface area contributed by atoms with Crippen molar-refractivity contribution < 1.29 is 64.0 Å². The Bertz CT molecular complexity index is 1270. The fourth-order valence-corrected chi connectivity index (χ4v) is 6.39. The molecule has 0 aromatic heterocycles. The topological polar surface area (TPSA) is 262 Å². The molecule has 0 saturated carbocycles. The van der Waals surface area contributed by atoms with Gasteiger partial charge >= 0.3 is 5.97 Å². The highest BCUT2D eigenvalue weighted by molar-refractivity contribution is 5.80. The molecular weight excluding hydrogens is 668 g/mol. The van der Waals surface area contributed by atoms with E-state index in [2.05, 4.69) is 0 Å². The molecule has 0 spiro atoms. The standard InChI is InChI=1S/C36H56N2O13/c1-20-12-9-7-5-4-6-8-10-15-25(50-35-32(44)30(37)31(43)22(3)49-35)17-28-29(33(38)45)27(42)19-36(47,51-28)18-24(40)14-11-13-23(39)16-26(41)21(2)34(46)48-20/h4-10,15,20-22,24-32,35,40-44,47H,11-14,16-19,37H2,1-3H3,(H2,38,45)/b5-4+,8-6+,9-7+,15-10+/t20-,21+,22-,24-,25+,26+,27+,28+,29-,30+,31-,32+,35+,36+/m1/s1. The Morgan fingerprint density at radius 1 is 0.941 bits per heavy atom. The Morgan fingerprint density at radius 2 is 1.61 bits per heavy atom. The molecule has 3 rings (SSSR count). The minimum atomic E-state index is -2.10. The maximum atomic E-state index is 12.6. The molecule has 0 aromatic carbocycles. The first-order valence-electron chi connectivity index (χ1n) is 17.6. The highest BCUT2D eigenvalue weighted by Crippen LogP contribution is 2.38. The number of Topliss-reactive ketones (excluding diaryl/α,β-unsaturated/α-hetero) is 1. The molecular formula is C36H56N2O13. The van der Waals surface area contributed by atoms with Gasteiger partial charge in [-0.3, -0.25) is 14.4 Å². The third-order valence-electron chi connectivity index (χ3n) is 9.45. The number of allylic oxidation sites excluding steroid dienone is 6. The van der Waals surface area contributed by atoms with E-state index < -0.39 is 103 Å². The van der Waals surface area contributed by atoms with E-state index in [0.717, 1.165) is 0 Å². The Hall–Kier alpha value is -2.83. The highest BCUT2D eigenvalue weighted by Gasteiger charge is 2.50. The Morgan fingerprint density at radius 3 is 2.29 bits per heavy atom. The Labute approximate surface area is 298 Å². The summed E-state index contributed by atoms with van der Waals surface area (Å²) in [5, 5.41) is 64.7.